The second kappa shape index (κ2) is 5.46. The van der Waals surface area contributed by atoms with Crippen LogP contribution in [-0.2, 0) is 13.6 Å². The second-order valence-electron chi connectivity index (χ2n) is 4.52. The lowest BCUT2D eigenvalue weighted by molar-refractivity contribution is -0.552. The molecule has 2 aromatic heterocycles. The molecule has 6 nitrogen and oxygen atoms in total. The molecule has 106 valence electrons. The third-order valence-corrected chi connectivity index (χ3v) is 6.37. The lowest BCUT2D eigenvalue weighted by Gasteiger charge is -2.18. The molecule has 0 amide bonds. The number of nitrogens with two attached hydrogens (primary N) is 1. The van der Waals surface area contributed by atoms with Crippen LogP contribution in [0.2, 0.25) is 0 Å². The molecule has 0 saturated carbocycles. The molecule has 9 heteroatoms. The van der Waals surface area contributed by atoms with Gasteiger partial charge in [0.1, 0.15) is 0 Å². The van der Waals surface area contributed by atoms with Gasteiger partial charge in [0.25, 0.3) is 5.13 Å². The van der Waals surface area contributed by atoms with Crippen LogP contribution in [0.5, 0.6) is 0 Å². The maximum absolute atomic E-state index is 13.0. The predicted octanol–water partition coefficient (Wildman–Crippen LogP) is 2.19. The molecule has 0 aromatic carbocycles. The van der Waals surface area contributed by atoms with Gasteiger partial charge < -0.3 is 5.73 Å². The highest BCUT2D eigenvalue weighted by Gasteiger charge is 2.42. The van der Waals surface area contributed by atoms with Gasteiger partial charge in [0, 0.05) is 5.10 Å². The highest BCUT2D eigenvalue weighted by Crippen LogP contribution is 2.49. The highest BCUT2D eigenvalue weighted by atomic mass is 32.2. The first-order chi connectivity index (χ1) is 8.82. The van der Waals surface area contributed by atoms with Crippen molar-refractivity contribution >= 4 is 45.0 Å². The molecule has 2 rings (SSSR count). The van der Waals surface area contributed by atoms with Crippen molar-refractivity contribution in [3.63, 3.8) is 0 Å². The predicted molar refractivity (Wildman–Crippen MR) is 77.2 cm³/mol. The van der Waals surface area contributed by atoms with E-state index in [1.54, 1.807) is 9.90 Å². The molecule has 0 bridgehead atoms. The maximum Gasteiger partial charge on any atom is 0.429 e. The Hall–Kier alpha value is -0.530. The Morgan fingerprint density at radius 3 is 2.42 bits per heavy atom. The van der Waals surface area contributed by atoms with Crippen molar-refractivity contribution < 1.29 is 18.1 Å². The van der Waals surface area contributed by atoms with Gasteiger partial charge in [0.2, 0.25) is 0 Å². The first-order valence-corrected chi connectivity index (χ1v) is 9.09. The van der Waals surface area contributed by atoms with Crippen LogP contribution >= 0.6 is 30.3 Å². The monoisotopic (exact) mass is 322 g/mol. The number of nitrogens with zero attached hydrogens (tertiary/aromatic N) is 2. The van der Waals surface area contributed by atoms with E-state index in [-0.39, 0.29) is 12.2 Å². The van der Waals surface area contributed by atoms with E-state index in [1.807, 2.05) is 27.7 Å². The topological polar surface area (TPSA) is 78.5 Å². The second-order valence-corrected chi connectivity index (χ2v) is 8.52. The van der Waals surface area contributed by atoms with Crippen LogP contribution in [0.4, 0.5) is 5.13 Å². The molecular weight excluding hydrogens is 305 g/mol. The van der Waals surface area contributed by atoms with E-state index in [9.17, 15) is 4.57 Å². The fraction of sp³-hybridized carbons (Fsp3) is 0.600. The van der Waals surface area contributed by atoms with Crippen molar-refractivity contribution in [2.45, 2.75) is 39.9 Å². The van der Waals surface area contributed by atoms with E-state index in [0.29, 0.717) is 10.6 Å². The Balaban J connectivity index is 2.50. The Morgan fingerprint density at radius 1 is 1.32 bits per heavy atom. The van der Waals surface area contributed by atoms with Gasteiger partial charge in [0.05, 0.1) is 17.6 Å². The largest absolute Gasteiger partial charge is 0.429 e. The van der Waals surface area contributed by atoms with Gasteiger partial charge in [-0.05, 0) is 43.5 Å². The zero-order valence-electron chi connectivity index (χ0n) is 11.2. The van der Waals surface area contributed by atoms with Crippen LogP contribution in [-0.4, -0.2) is 17.3 Å². The highest BCUT2D eigenvalue weighted by molar-refractivity contribution is 7.62. The summed E-state index contributed by atoms with van der Waals surface area (Å²) in [6.45, 7) is 7.28. The molecule has 2 N–H and O–H groups in total. The molecule has 19 heavy (non-hydrogen) atoms. The molecule has 2 heterocycles. The fourth-order valence-corrected chi connectivity index (χ4v) is 5.76. The summed E-state index contributed by atoms with van der Waals surface area (Å²) in [5, 5.41) is 6.32. The molecule has 0 spiro atoms. The number of hydrogen-bond donors (Lipinski definition) is 1. The molecule has 0 aliphatic carbocycles. The third-order valence-electron chi connectivity index (χ3n) is 2.03. The van der Waals surface area contributed by atoms with Crippen LogP contribution in [0.15, 0.2) is 5.38 Å². The Labute approximate surface area is 119 Å². The average molecular weight is 322 g/mol. The zero-order valence-corrected chi connectivity index (χ0v) is 13.7. The molecule has 0 saturated heterocycles. The normalized spacial score (nSPS) is 12.9. The van der Waals surface area contributed by atoms with Crippen molar-refractivity contribution in [3.8, 4) is 0 Å². The standard InChI is InChI=1S/C10H17N3O3PS2/c1-6(2)15-17(14,16-7(3)4)8-5-18-10-13(8)12-9(11)19-10/h5-7H,1-4H3,(H2,11,12)/q+1. The van der Waals surface area contributed by atoms with Gasteiger partial charge in [-0.2, -0.15) is 0 Å². The summed E-state index contributed by atoms with van der Waals surface area (Å²) in [6.07, 6.45) is -0.424. The van der Waals surface area contributed by atoms with Crippen LogP contribution in [0.3, 0.4) is 0 Å². The van der Waals surface area contributed by atoms with Crippen molar-refractivity contribution in [1.82, 2.24) is 5.10 Å². The van der Waals surface area contributed by atoms with E-state index in [2.05, 4.69) is 5.10 Å². The van der Waals surface area contributed by atoms with Crippen molar-refractivity contribution in [2.75, 3.05) is 5.73 Å². The summed E-state index contributed by atoms with van der Waals surface area (Å²) in [5.74, 6) is 0. The van der Waals surface area contributed by atoms with Crippen LogP contribution in [0.25, 0.3) is 4.14 Å². The molecular formula is C10H17N3O3PS2+. The number of thiazole rings is 1. The third kappa shape index (κ3) is 3.14. The van der Waals surface area contributed by atoms with Gasteiger partial charge in [-0.25, -0.2) is 4.57 Å². The van der Waals surface area contributed by atoms with Gasteiger partial charge >= 0.3 is 17.2 Å². The lowest BCUT2D eigenvalue weighted by Crippen LogP contribution is -2.39. The van der Waals surface area contributed by atoms with Gasteiger partial charge in [-0.3, -0.25) is 9.05 Å². The molecule has 0 aliphatic heterocycles. The number of rotatable bonds is 5. The summed E-state index contributed by atoms with van der Waals surface area (Å²) in [5.41, 5.74) is 6.10. The van der Waals surface area contributed by atoms with Crippen LogP contribution in [0.1, 0.15) is 27.7 Å². The summed E-state index contributed by atoms with van der Waals surface area (Å²) < 4.78 is 26.5. The zero-order chi connectivity index (χ0) is 14.2. The van der Waals surface area contributed by atoms with Crippen molar-refractivity contribution in [1.29, 1.82) is 0 Å². The van der Waals surface area contributed by atoms with Crippen LogP contribution < -0.4 is 15.7 Å². The first-order valence-electron chi connectivity index (χ1n) is 5.85. The van der Waals surface area contributed by atoms with E-state index in [0.717, 1.165) is 4.14 Å². The Morgan fingerprint density at radius 2 is 1.89 bits per heavy atom. The summed E-state index contributed by atoms with van der Waals surface area (Å²) in [6, 6.07) is 0. The minimum Gasteiger partial charge on any atom is -0.370 e. The average Bonchev–Trinajstić information content (AvgIpc) is 2.72. The van der Waals surface area contributed by atoms with Gasteiger partial charge in [-0.1, -0.05) is 11.3 Å². The van der Waals surface area contributed by atoms with E-state index in [4.69, 9.17) is 14.8 Å². The Bertz CT molecular complexity index is 609. The summed E-state index contributed by atoms with van der Waals surface area (Å²) in [4.78, 5) is 0. The molecule has 0 radical (unpaired) electrons. The first kappa shape index (κ1) is 14.9. The van der Waals surface area contributed by atoms with E-state index >= 15 is 0 Å². The maximum atomic E-state index is 13.0. The van der Waals surface area contributed by atoms with E-state index in [1.165, 1.54) is 22.7 Å². The fourth-order valence-electron chi connectivity index (χ4n) is 1.53. The molecule has 0 atom stereocenters. The summed E-state index contributed by atoms with van der Waals surface area (Å²) in [7, 11) is -3.41. The molecule has 0 unspecified atom stereocenters. The minimum absolute atomic E-state index is 0.212. The SMILES string of the molecule is CC(C)OP(=O)(OC(C)C)c1csc2sc(N)n[n+]12. The number of fused-ring (bicyclic) bond motifs is 1. The summed E-state index contributed by atoms with van der Waals surface area (Å²) >= 11 is 2.77. The number of anilines is 1. The van der Waals surface area contributed by atoms with Crippen molar-refractivity contribution in [2.24, 2.45) is 0 Å². The number of aromatic nitrogens is 2. The quantitative estimate of drug-likeness (QED) is 0.674. The van der Waals surface area contributed by atoms with Crippen LogP contribution in [0, 0.1) is 0 Å². The number of nitrogen functional groups attached to an aromatic ring is 1. The molecule has 0 aliphatic rings. The van der Waals surface area contributed by atoms with Gasteiger partial charge in [0.15, 0.2) is 0 Å². The smallest absolute Gasteiger partial charge is 0.370 e. The van der Waals surface area contributed by atoms with Crippen molar-refractivity contribution in [3.05, 3.63) is 5.38 Å². The van der Waals surface area contributed by atoms with Gasteiger partial charge in [-0.15, -0.1) is 0 Å². The lowest BCUT2D eigenvalue weighted by atomic mass is 10.5. The van der Waals surface area contributed by atoms with E-state index < -0.39 is 7.60 Å². The molecule has 2 aromatic rings. The Kier molecular flexibility index (Phi) is 4.27. The number of hydrogen-bond acceptors (Lipinski definition) is 7. The minimum atomic E-state index is -3.41. The molecule has 0 fully saturated rings.